The van der Waals surface area contributed by atoms with E-state index in [4.69, 9.17) is 11.6 Å². The number of aromatic nitrogens is 2. The van der Waals surface area contributed by atoms with E-state index in [9.17, 15) is 4.39 Å². The fourth-order valence-electron chi connectivity index (χ4n) is 2.30. The van der Waals surface area contributed by atoms with E-state index in [0.717, 1.165) is 16.8 Å². The Morgan fingerprint density at radius 2 is 1.48 bits per heavy atom. The Balaban J connectivity index is 2.09. The lowest BCUT2D eigenvalue weighted by Crippen LogP contribution is -2.31. The average molecular weight is 325 g/mol. The highest BCUT2D eigenvalue weighted by Gasteiger charge is 2.10. The number of rotatable bonds is 3. The zero-order valence-corrected chi connectivity index (χ0v) is 13.1. The standard InChI is InChI=1S/C19H14ClFN2/c1-12-13(2)23-19(15-5-9-17(21)10-6-15)18(22-12)11-14-3-7-16(20)8-4-14/h3-10H,1-2,11H2. The van der Waals surface area contributed by atoms with Gasteiger partial charge in [0.1, 0.15) is 5.82 Å². The molecule has 0 fully saturated rings. The molecule has 2 aromatic carbocycles. The third-order valence-electron chi connectivity index (χ3n) is 3.53. The second-order valence-corrected chi connectivity index (χ2v) is 5.66. The fourth-order valence-corrected chi connectivity index (χ4v) is 2.43. The second-order valence-electron chi connectivity index (χ2n) is 5.22. The summed E-state index contributed by atoms with van der Waals surface area (Å²) in [5, 5.41) is 1.74. The van der Waals surface area contributed by atoms with Crippen LogP contribution in [0, 0.1) is 5.82 Å². The molecule has 0 amide bonds. The zero-order valence-electron chi connectivity index (χ0n) is 12.4. The Morgan fingerprint density at radius 3 is 2.13 bits per heavy atom. The molecule has 114 valence electrons. The SMILES string of the molecule is C=c1nc(Cc2ccc(Cl)cc2)c(-c2ccc(F)cc2)nc1=C. The number of benzene rings is 2. The molecule has 0 N–H and O–H groups in total. The lowest BCUT2D eigenvalue weighted by molar-refractivity contribution is 0.628. The number of nitrogens with zero attached hydrogens (tertiary/aromatic N) is 2. The summed E-state index contributed by atoms with van der Waals surface area (Å²) in [7, 11) is 0. The van der Waals surface area contributed by atoms with Gasteiger partial charge in [0.15, 0.2) is 0 Å². The van der Waals surface area contributed by atoms with Gasteiger partial charge in [-0.3, -0.25) is 0 Å². The van der Waals surface area contributed by atoms with Crippen LogP contribution in [0.3, 0.4) is 0 Å². The Bertz CT molecular complexity index is 935. The van der Waals surface area contributed by atoms with Crippen molar-refractivity contribution in [3.05, 3.63) is 81.3 Å². The van der Waals surface area contributed by atoms with Crippen LogP contribution in [0.4, 0.5) is 4.39 Å². The maximum absolute atomic E-state index is 13.2. The van der Waals surface area contributed by atoms with Crippen molar-refractivity contribution < 1.29 is 4.39 Å². The van der Waals surface area contributed by atoms with Crippen LogP contribution in [-0.2, 0) is 6.42 Å². The molecular formula is C19H14ClFN2. The molecule has 0 unspecified atom stereocenters. The minimum Gasteiger partial charge on any atom is -0.249 e. The van der Waals surface area contributed by atoms with Gasteiger partial charge in [-0.25, -0.2) is 14.4 Å². The first-order chi connectivity index (χ1) is 11.0. The minimum absolute atomic E-state index is 0.287. The van der Waals surface area contributed by atoms with Gasteiger partial charge in [0.05, 0.1) is 22.1 Å². The minimum atomic E-state index is -0.287. The lowest BCUT2D eigenvalue weighted by atomic mass is 10.0. The largest absolute Gasteiger partial charge is 0.249 e. The van der Waals surface area contributed by atoms with E-state index in [1.165, 1.54) is 12.1 Å². The zero-order chi connectivity index (χ0) is 16.4. The summed E-state index contributed by atoms with van der Waals surface area (Å²) >= 11 is 5.92. The molecule has 0 radical (unpaired) electrons. The van der Waals surface area contributed by atoms with E-state index < -0.39 is 0 Å². The van der Waals surface area contributed by atoms with Crippen LogP contribution in [-0.4, -0.2) is 9.97 Å². The quantitative estimate of drug-likeness (QED) is 0.738. The van der Waals surface area contributed by atoms with Gasteiger partial charge in [0.25, 0.3) is 0 Å². The predicted octanol–water partition coefficient (Wildman–Crippen LogP) is 3.35. The van der Waals surface area contributed by atoms with E-state index >= 15 is 0 Å². The molecule has 4 heteroatoms. The molecule has 0 bridgehead atoms. The summed E-state index contributed by atoms with van der Waals surface area (Å²) in [6.45, 7) is 7.72. The molecule has 23 heavy (non-hydrogen) atoms. The molecule has 0 aliphatic rings. The van der Waals surface area contributed by atoms with Crippen LogP contribution in [0.5, 0.6) is 0 Å². The van der Waals surface area contributed by atoms with Gasteiger partial charge in [0.2, 0.25) is 0 Å². The Kier molecular flexibility index (Phi) is 4.22. The number of hydrogen-bond acceptors (Lipinski definition) is 2. The summed E-state index contributed by atoms with van der Waals surface area (Å²) < 4.78 is 13.2. The highest BCUT2D eigenvalue weighted by Crippen LogP contribution is 2.21. The topological polar surface area (TPSA) is 25.8 Å². The molecule has 1 heterocycles. The summed E-state index contributed by atoms with van der Waals surface area (Å²) in [6, 6.07) is 13.7. The van der Waals surface area contributed by atoms with Crippen molar-refractivity contribution in [1.82, 2.24) is 9.97 Å². The first-order valence-corrected chi connectivity index (χ1v) is 7.46. The first-order valence-electron chi connectivity index (χ1n) is 7.08. The monoisotopic (exact) mass is 324 g/mol. The number of halogens is 2. The Morgan fingerprint density at radius 1 is 0.870 bits per heavy atom. The fraction of sp³-hybridized carbons (Fsp3) is 0.0526. The molecule has 0 atom stereocenters. The van der Waals surface area contributed by atoms with Gasteiger partial charge in [-0.2, -0.15) is 0 Å². The van der Waals surface area contributed by atoms with Crippen molar-refractivity contribution in [2.45, 2.75) is 6.42 Å². The highest BCUT2D eigenvalue weighted by atomic mass is 35.5. The van der Waals surface area contributed by atoms with Crippen LogP contribution in [0.25, 0.3) is 24.4 Å². The molecule has 3 rings (SSSR count). The third-order valence-corrected chi connectivity index (χ3v) is 3.78. The van der Waals surface area contributed by atoms with Gasteiger partial charge in [0, 0.05) is 17.0 Å². The van der Waals surface area contributed by atoms with Crippen molar-refractivity contribution in [2.24, 2.45) is 0 Å². The van der Waals surface area contributed by atoms with Gasteiger partial charge in [-0.05, 0) is 42.0 Å². The normalized spacial score (nSPS) is 10.7. The van der Waals surface area contributed by atoms with Crippen molar-refractivity contribution in [2.75, 3.05) is 0 Å². The molecular weight excluding hydrogens is 311 g/mol. The van der Waals surface area contributed by atoms with Gasteiger partial charge in [-0.1, -0.05) is 36.9 Å². The molecule has 0 saturated heterocycles. The Labute approximate surface area is 138 Å². The van der Waals surface area contributed by atoms with Crippen molar-refractivity contribution in [1.29, 1.82) is 0 Å². The summed E-state index contributed by atoms with van der Waals surface area (Å²) in [6.07, 6.45) is 0.583. The summed E-state index contributed by atoms with van der Waals surface area (Å²) in [5.41, 5.74) is 3.32. The molecule has 2 nitrogen and oxygen atoms in total. The van der Waals surface area contributed by atoms with Gasteiger partial charge < -0.3 is 0 Å². The van der Waals surface area contributed by atoms with Crippen LogP contribution in [0.1, 0.15) is 11.3 Å². The predicted molar refractivity (Wildman–Crippen MR) is 92.0 cm³/mol. The molecule has 0 spiro atoms. The van der Waals surface area contributed by atoms with Gasteiger partial charge >= 0.3 is 0 Å². The van der Waals surface area contributed by atoms with E-state index in [1.807, 2.05) is 24.3 Å². The average Bonchev–Trinajstić information content (AvgIpc) is 2.54. The molecule has 0 saturated carbocycles. The molecule has 3 aromatic rings. The Hall–Kier alpha value is -2.52. The van der Waals surface area contributed by atoms with E-state index in [-0.39, 0.29) is 5.82 Å². The first kappa shape index (κ1) is 15.4. The van der Waals surface area contributed by atoms with Crippen molar-refractivity contribution >= 4 is 24.8 Å². The molecule has 0 aliphatic heterocycles. The van der Waals surface area contributed by atoms with Crippen molar-refractivity contribution in [3.63, 3.8) is 0 Å². The number of hydrogen-bond donors (Lipinski definition) is 0. The summed E-state index contributed by atoms with van der Waals surface area (Å²) in [5.74, 6) is -0.287. The van der Waals surface area contributed by atoms with Crippen LogP contribution >= 0.6 is 11.6 Å². The third kappa shape index (κ3) is 3.46. The van der Waals surface area contributed by atoms with E-state index in [0.29, 0.717) is 27.8 Å². The molecule has 1 aromatic heterocycles. The van der Waals surface area contributed by atoms with Crippen LogP contribution in [0.2, 0.25) is 5.02 Å². The van der Waals surface area contributed by atoms with Gasteiger partial charge in [-0.15, -0.1) is 0 Å². The maximum atomic E-state index is 13.2. The lowest BCUT2D eigenvalue weighted by Gasteiger charge is -2.09. The maximum Gasteiger partial charge on any atom is 0.123 e. The van der Waals surface area contributed by atoms with E-state index in [2.05, 4.69) is 23.1 Å². The van der Waals surface area contributed by atoms with E-state index in [1.54, 1.807) is 12.1 Å². The van der Waals surface area contributed by atoms with Crippen LogP contribution in [0.15, 0.2) is 48.5 Å². The van der Waals surface area contributed by atoms with Crippen molar-refractivity contribution in [3.8, 4) is 11.3 Å². The highest BCUT2D eigenvalue weighted by molar-refractivity contribution is 6.30. The summed E-state index contributed by atoms with van der Waals surface area (Å²) in [4.78, 5) is 9.03. The second kappa shape index (κ2) is 6.31. The smallest absolute Gasteiger partial charge is 0.123 e. The molecule has 0 aliphatic carbocycles. The van der Waals surface area contributed by atoms with Crippen LogP contribution < -0.4 is 10.7 Å².